The molecule has 1 heterocycles. The second-order valence-electron chi connectivity index (χ2n) is 5.08. The van der Waals surface area contributed by atoms with E-state index >= 15 is 0 Å². The van der Waals surface area contributed by atoms with E-state index in [4.69, 9.17) is 11.6 Å². The number of hydrogen-bond acceptors (Lipinski definition) is 3. The van der Waals surface area contributed by atoms with Crippen LogP contribution in [-0.2, 0) is 13.0 Å². The summed E-state index contributed by atoms with van der Waals surface area (Å²) in [6, 6.07) is 9.79. The normalized spacial score (nSPS) is 10.5. The van der Waals surface area contributed by atoms with E-state index < -0.39 is 0 Å². The van der Waals surface area contributed by atoms with E-state index in [-0.39, 0.29) is 0 Å². The summed E-state index contributed by atoms with van der Waals surface area (Å²) in [5.41, 5.74) is 2.41. The molecule has 0 fully saturated rings. The van der Waals surface area contributed by atoms with Crippen LogP contribution in [0.3, 0.4) is 0 Å². The summed E-state index contributed by atoms with van der Waals surface area (Å²) in [6.07, 6.45) is 5.33. The third-order valence-electron chi connectivity index (χ3n) is 3.45. The number of aryl methyl sites for hydroxylation is 1. The monoisotopic (exact) mass is 302 g/mol. The van der Waals surface area contributed by atoms with Gasteiger partial charge < -0.3 is 0 Å². The summed E-state index contributed by atoms with van der Waals surface area (Å²) in [7, 11) is 0. The van der Waals surface area contributed by atoms with Gasteiger partial charge in [-0.15, -0.1) is 5.10 Å². The second kappa shape index (κ2) is 7.80. The van der Waals surface area contributed by atoms with Gasteiger partial charge in [-0.1, -0.05) is 55.1 Å². The van der Waals surface area contributed by atoms with Crippen LogP contribution in [0.5, 0.6) is 0 Å². The standard InChI is InChI=1S/C16H19ClN4/c1-2-3-4-5-10-21-16(15(12-18)19-20-21)11-13-6-8-14(17)9-7-13/h6-9H,2-5,10-11H2,1H3. The number of aromatic nitrogens is 3. The van der Waals surface area contributed by atoms with E-state index in [1.165, 1.54) is 19.3 Å². The zero-order chi connectivity index (χ0) is 15.1. The van der Waals surface area contributed by atoms with Gasteiger partial charge in [0.15, 0.2) is 5.69 Å². The molecule has 5 heteroatoms. The zero-order valence-electron chi connectivity index (χ0n) is 12.2. The van der Waals surface area contributed by atoms with Gasteiger partial charge >= 0.3 is 0 Å². The Bertz CT molecular complexity index is 610. The molecule has 21 heavy (non-hydrogen) atoms. The first-order chi connectivity index (χ1) is 10.2. The average molecular weight is 303 g/mol. The molecule has 0 saturated carbocycles. The van der Waals surface area contributed by atoms with Crippen molar-refractivity contribution in [3.05, 3.63) is 46.2 Å². The highest BCUT2D eigenvalue weighted by Crippen LogP contribution is 2.16. The number of halogens is 1. The van der Waals surface area contributed by atoms with E-state index in [0.717, 1.165) is 24.2 Å². The molecule has 4 nitrogen and oxygen atoms in total. The Kier molecular flexibility index (Phi) is 5.77. The van der Waals surface area contributed by atoms with Crippen molar-refractivity contribution in [3.8, 4) is 6.07 Å². The van der Waals surface area contributed by atoms with Crippen molar-refractivity contribution in [2.24, 2.45) is 0 Å². The molecular formula is C16H19ClN4. The third-order valence-corrected chi connectivity index (χ3v) is 3.70. The minimum absolute atomic E-state index is 0.417. The molecule has 0 bridgehead atoms. The highest BCUT2D eigenvalue weighted by Gasteiger charge is 2.13. The van der Waals surface area contributed by atoms with Crippen molar-refractivity contribution in [1.82, 2.24) is 15.0 Å². The number of nitriles is 1. The smallest absolute Gasteiger partial charge is 0.186 e. The van der Waals surface area contributed by atoms with Crippen LogP contribution in [0.1, 0.15) is 49.6 Å². The maximum absolute atomic E-state index is 9.18. The molecule has 2 aromatic rings. The van der Waals surface area contributed by atoms with Gasteiger partial charge in [0.25, 0.3) is 0 Å². The SMILES string of the molecule is CCCCCCn1nnc(C#N)c1Cc1ccc(Cl)cc1. The molecule has 0 aliphatic heterocycles. The number of hydrogen-bond donors (Lipinski definition) is 0. The highest BCUT2D eigenvalue weighted by molar-refractivity contribution is 6.30. The fourth-order valence-electron chi connectivity index (χ4n) is 2.26. The van der Waals surface area contributed by atoms with Crippen molar-refractivity contribution in [1.29, 1.82) is 5.26 Å². The lowest BCUT2D eigenvalue weighted by Crippen LogP contribution is -2.07. The van der Waals surface area contributed by atoms with Crippen molar-refractivity contribution < 1.29 is 0 Å². The summed E-state index contributed by atoms with van der Waals surface area (Å²) in [5.74, 6) is 0. The molecule has 2 rings (SSSR count). The largest absolute Gasteiger partial charge is 0.248 e. The Morgan fingerprint density at radius 1 is 1.19 bits per heavy atom. The van der Waals surface area contributed by atoms with Crippen molar-refractivity contribution in [2.75, 3.05) is 0 Å². The lowest BCUT2D eigenvalue weighted by Gasteiger charge is -2.07. The predicted octanol–water partition coefficient (Wildman–Crippen LogP) is 3.97. The number of unbranched alkanes of at least 4 members (excludes halogenated alkanes) is 3. The van der Waals surface area contributed by atoms with Crippen LogP contribution in [0.2, 0.25) is 5.02 Å². The maximum Gasteiger partial charge on any atom is 0.186 e. The summed E-state index contributed by atoms with van der Waals surface area (Å²) < 4.78 is 1.86. The van der Waals surface area contributed by atoms with E-state index in [0.29, 0.717) is 17.1 Å². The Hall–Kier alpha value is -1.86. The van der Waals surface area contributed by atoms with Crippen molar-refractivity contribution in [3.63, 3.8) is 0 Å². The predicted molar refractivity (Wildman–Crippen MR) is 83.1 cm³/mol. The molecule has 0 aliphatic rings. The van der Waals surface area contributed by atoms with Gasteiger partial charge in [0, 0.05) is 18.0 Å². The Morgan fingerprint density at radius 3 is 2.62 bits per heavy atom. The first-order valence-electron chi connectivity index (χ1n) is 7.31. The molecule has 1 aromatic carbocycles. The quantitative estimate of drug-likeness (QED) is 0.727. The maximum atomic E-state index is 9.18. The number of nitrogens with zero attached hydrogens (tertiary/aromatic N) is 4. The minimum atomic E-state index is 0.417. The first kappa shape index (κ1) is 15.5. The van der Waals surface area contributed by atoms with Crippen molar-refractivity contribution >= 4 is 11.6 Å². The Balaban J connectivity index is 2.11. The fraction of sp³-hybridized carbons (Fsp3) is 0.438. The summed E-state index contributed by atoms with van der Waals surface area (Å²) >= 11 is 5.90. The van der Waals surface area contributed by atoms with E-state index in [1.54, 1.807) is 0 Å². The molecule has 110 valence electrons. The average Bonchev–Trinajstić information content (AvgIpc) is 2.88. The van der Waals surface area contributed by atoms with Crippen molar-refractivity contribution in [2.45, 2.75) is 45.6 Å². The van der Waals surface area contributed by atoms with Crippen LogP contribution in [0.4, 0.5) is 0 Å². The van der Waals surface area contributed by atoms with Gasteiger partial charge in [-0.25, -0.2) is 4.68 Å². The molecule has 0 aliphatic carbocycles. The van der Waals surface area contributed by atoms with Crippen LogP contribution in [0.15, 0.2) is 24.3 Å². The van der Waals surface area contributed by atoms with Gasteiger partial charge in [-0.05, 0) is 24.1 Å². The van der Waals surface area contributed by atoms with Gasteiger partial charge in [-0.3, -0.25) is 0 Å². The molecular weight excluding hydrogens is 284 g/mol. The van der Waals surface area contributed by atoms with E-state index in [9.17, 15) is 5.26 Å². The lowest BCUT2D eigenvalue weighted by atomic mass is 10.1. The zero-order valence-corrected chi connectivity index (χ0v) is 13.0. The molecule has 0 unspecified atom stereocenters. The molecule has 0 amide bonds. The van der Waals surface area contributed by atoms with Gasteiger partial charge in [0.1, 0.15) is 6.07 Å². The molecule has 0 spiro atoms. The molecule has 1 aromatic heterocycles. The summed E-state index contributed by atoms with van der Waals surface area (Å²) in [4.78, 5) is 0. The van der Waals surface area contributed by atoms with E-state index in [2.05, 4.69) is 23.3 Å². The topological polar surface area (TPSA) is 54.5 Å². The van der Waals surface area contributed by atoms with Gasteiger partial charge in [0.05, 0.1) is 5.69 Å². The Labute approximate surface area is 130 Å². The summed E-state index contributed by atoms with van der Waals surface area (Å²) in [5, 5.41) is 18.0. The fourth-order valence-corrected chi connectivity index (χ4v) is 2.38. The van der Waals surface area contributed by atoms with Gasteiger partial charge in [-0.2, -0.15) is 5.26 Å². The molecule has 0 saturated heterocycles. The van der Waals surface area contributed by atoms with Crippen LogP contribution in [0, 0.1) is 11.3 Å². The van der Waals surface area contributed by atoms with Crippen LogP contribution in [0.25, 0.3) is 0 Å². The minimum Gasteiger partial charge on any atom is -0.248 e. The highest BCUT2D eigenvalue weighted by atomic mass is 35.5. The second-order valence-corrected chi connectivity index (χ2v) is 5.52. The van der Waals surface area contributed by atoms with Crippen LogP contribution in [-0.4, -0.2) is 15.0 Å². The van der Waals surface area contributed by atoms with E-state index in [1.807, 2.05) is 28.9 Å². The Morgan fingerprint density at radius 2 is 1.95 bits per heavy atom. The number of benzene rings is 1. The van der Waals surface area contributed by atoms with Gasteiger partial charge in [0.2, 0.25) is 0 Å². The van der Waals surface area contributed by atoms with Crippen LogP contribution < -0.4 is 0 Å². The molecule has 0 N–H and O–H groups in total. The lowest BCUT2D eigenvalue weighted by molar-refractivity contribution is 0.515. The molecule has 0 atom stereocenters. The number of rotatable bonds is 7. The first-order valence-corrected chi connectivity index (χ1v) is 7.69. The third kappa shape index (κ3) is 4.30. The summed E-state index contributed by atoms with van der Waals surface area (Å²) in [6.45, 7) is 3.01. The van der Waals surface area contributed by atoms with Crippen LogP contribution >= 0.6 is 11.6 Å². The molecule has 0 radical (unpaired) electrons.